The van der Waals surface area contributed by atoms with E-state index in [2.05, 4.69) is 0 Å². The van der Waals surface area contributed by atoms with Crippen LogP contribution in [0.25, 0.3) is 0 Å². The molecule has 0 heterocycles. The molecule has 2 aromatic carbocycles. The summed E-state index contributed by atoms with van der Waals surface area (Å²) >= 11 is 5.86. The monoisotopic (exact) mass is 311 g/mol. The van der Waals surface area contributed by atoms with Gasteiger partial charge < -0.3 is 4.74 Å². The molecule has 0 aliphatic rings. The molecule has 0 radical (unpaired) electrons. The third-order valence-electron chi connectivity index (χ3n) is 2.44. The number of benzene rings is 2. The average molecular weight is 312 g/mol. The molecule has 0 saturated carbocycles. The van der Waals surface area contributed by atoms with Crippen molar-refractivity contribution >= 4 is 27.6 Å². The van der Waals surface area contributed by atoms with Gasteiger partial charge in [0.05, 0.1) is 15.5 Å². The molecule has 0 unspecified atom stereocenters. The number of primary sulfonamides is 1. The van der Waals surface area contributed by atoms with E-state index in [0.29, 0.717) is 5.56 Å². The Balaban J connectivity index is 2.32. The van der Waals surface area contributed by atoms with Crippen molar-refractivity contribution in [1.82, 2.24) is 0 Å². The maximum atomic E-state index is 11.9. The van der Waals surface area contributed by atoms with Gasteiger partial charge in [-0.15, -0.1) is 0 Å². The molecule has 2 rings (SSSR count). The van der Waals surface area contributed by atoms with E-state index in [9.17, 15) is 13.2 Å². The zero-order chi connectivity index (χ0) is 14.8. The van der Waals surface area contributed by atoms with Crippen LogP contribution in [0.4, 0.5) is 0 Å². The van der Waals surface area contributed by atoms with Crippen LogP contribution in [-0.4, -0.2) is 14.4 Å². The highest BCUT2D eigenvalue weighted by molar-refractivity contribution is 7.89. The molecule has 0 fully saturated rings. The Morgan fingerprint density at radius 1 is 1.10 bits per heavy atom. The molecule has 0 amide bonds. The first kappa shape index (κ1) is 14.5. The summed E-state index contributed by atoms with van der Waals surface area (Å²) in [4.78, 5) is 11.7. The quantitative estimate of drug-likeness (QED) is 0.695. The van der Waals surface area contributed by atoms with Crippen LogP contribution in [0, 0.1) is 0 Å². The number of rotatable bonds is 3. The van der Waals surface area contributed by atoms with Crippen molar-refractivity contribution in [1.29, 1.82) is 0 Å². The summed E-state index contributed by atoms with van der Waals surface area (Å²) in [6.45, 7) is 0. The first-order valence-electron chi connectivity index (χ1n) is 5.47. The molecule has 0 spiro atoms. The Hall–Kier alpha value is -1.89. The Labute approximate surface area is 121 Å². The number of halogens is 1. The molecular weight excluding hydrogens is 302 g/mol. The number of hydrogen-bond acceptors (Lipinski definition) is 4. The van der Waals surface area contributed by atoms with Crippen molar-refractivity contribution < 1.29 is 17.9 Å². The second-order valence-electron chi connectivity index (χ2n) is 3.89. The fourth-order valence-electron chi connectivity index (χ4n) is 1.47. The Kier molecular flexibility index (Phi) is 4.08. The fourth-order valence-corrected chi connectivity index (χ4v) is 2.16. The van der Waals surface area contributed by atoms with Crippen LogP contribution in [0.1, 0.15) is 10.4 Å². The molecule has 0 aromatic heterocycles. The third kappa shape index (κ3) is 3.36. The van der Waals surface area contributed by atoms with Crippen molar-refractivity contribution in [3.63, 3.8) is 0 Å². The summed E-state index contributed by atoms with van der Waals surface area (Å²) < 4.78 is 27.6. The molecule has 2 aromatic rings. The summed E-state index contributed by atoms with van der Waals surface area (Å²) in [6, 6.07) is 11.9. The largest absolute Gasteiger partial charge is 0.421 e. The van der Waals surface area contributed by atoms with Crippen LogP contribution in [0.2, 0.25) is 5.02 Å². The normalized spacial score (nSPS) is 11.1. The molecule has 5 nitrogen and oxygen atoms in total. The van der Waals surface area contributed by atoms with Gasteiger partial charge in [-0.05, 0) is 24.3 Å². The lowest BCUT2D eigenvalue weighted by Gasteiger charge is -2.07. The van der Waals surface area contributed by atoms with Gasteiger partial charge in [-0.2, -0.15) is 0 Å². The molecule has 0 aliphatic heterocycles. The summed E-state index contributed by atoms with van der Waals surface area (Å²) in [5.41, 5.74) is 0.324. The van der Waals surface area contributed by atoms with Gasteiger partial charge in [0.1, 0.15) is 0 Å². The highest BCUT2D eigenvalue weighted by atomic mass is 35.5. The zero-order valence-electron chi connectivity index (χ0n) is 10.1. The molecule has 0 bridgehead atoms. The molecule has 0 atom stereocenters. The van der Waals surface area contributed by atoms with E-state index < -0.39 is 16.0 Å². The third-order valence-corrected chi connectivity index (χ3v) is 3.67. The first-order chi connectivity index (χ1) is 9.38. The summed E-state index contributed by atoms with van der Waals surface area (Å²) in [7, 11) is -3.89. The Bertz CT molecular complexity index is 744. The summed E-state index contributed by atoms with van der Waals surface area (Å²) in [6.07, 6.45) is 0. The predicted octanol–water partition coefficient (Wildman–Crippen LogP) is 2.21. The second kappa shape index (κ2) is 5.62. The minimum absolute atomic E-state index is 0.0629. The molecule has 20 heavy (non-hydrogen) atoms. The van der Waals surface area contributed by atoms with Gasteiger partial charge in [-0.3, -0.25) is 0 Å². The number of ether oxygens (including phenoxy) is 1. The highest BCUT2D eigenvalue weighted by Crippen LogP contribution is 2.27. The minimum atomic E-state index is -3.89. The van der Waals surface area contributed by atoms with E-state index in [0.717, 1.165) is 6.07 Å². The van der Waals surface area contributed by atoms with Crippen LogP contribution in [0.5, 0.6) is 5.75 Å². The van der Waals surface area contributed by atoms with E-state index in [1.807, 2.05) is 0 Å². The number of hydrogen-bond donors (Lipinski definition) is 1. The summed E-state index contributed by atoms with van der Waals surface area (Å²) in [5, 5.41) is 5.12. The Morgan fingerprint density at radius 2 is 1.75 bits per heavy atom. The second-order valence-corrected chi connectivity index (χ2v) is 5.86. The lowest BCUT2D eigenvalue weighted by Crippen LogP contribution is -2.13. The van der Waals surface area contributed by atoms with E-state index in [1.165, 1.54) is 12.1 Å². The fraction of sp³-hybridized carbons (Fsp3) is 0. The molecule has 7 heteroatoms. The van der Waals surface area contributed by atoms with Gasteiger partial charge in [-0.25, -0.2) is 18.4 Å². The lowest BCUT2D eigenvalue weighted by molar-refractivity contribution is 0.0734. The first-order valence-corrected chi connectivity index (χ1v) is 7.40. The number of sulfonamides is 1. The SMILES string of the molecule is NS(=O)(=O)c1ccc(Cl)c(OC(=O)c2ccccc2)c1. The van der Waals surface area contributed by atoms with Crippen LogP contribution in [0.3, 0.4) is 0 Å². The van der Waals surface area contributed by atoms with E-state index in [4.69, 9.17) is 21.5 Å². The average Bonchev–Trinajstić information content (AvgIpc) is 2.41. The molecule has 0 aliphatic carbocycles. The van der Waals surface area contributed by atoms with Crippen molar-refractivity contribution in [2.24, 2.45) is 5.14 Å². The molecule has 2 N–H and O–H groups in total. The van der Waals surface area contributed by atoms with Gasteiger partial charge in [0.2, 0.25) is 10.0 Å². The van der Waals surface area contributed by atoms with Gasteiger partial charge >= 0.3 is 5.97 Å². The molecule has 0 saturated heterocycles. The minimum Gasteiger partial charge on any atom is -0.421 e. The van der Waals surface area contributed by atoms with Gasteiger partial charge in [0.15, 0.2) is 5.75 Å². The van der Waals surface area contributed by atoms with Gasteiger partial charge in [-0.1, -0.05) is 29.8 Å². The number of nitrogens with two attached hydrogens (primary N) is 1. The summed E-state index contributed by atoms with van der Waals surface area (Å²) in [5.74, 6) is -0.703. The van der Waals surface area contributed by atoms with Crippen LogP contribution in [0.15, 0.2) is 53.4 Å². The van der Waals surface area contributed by atoms with Crippen molar-refractivity contribution in [3.8, 4) is 5.75 Å². The lowest BCUT2D eigenvalue weighted by atomic mass is 10.2. The smallest absolute Gasteiger partial charge is 0.343 e. The standard InChI is InChI=1S/C13H10ClNO4S/c14-11-7-6-10(20(15,17)18)8-12(11)19-13(16)9-4-2-1-3-5-9/h1-8H,(H2,15,17,18). The molecule has 104 valence electrons. The Morgan fingerprint density at radius 3 is 2.35 bits per heavy atom. The van der Waals surface area contributed by atoms with Crippen molar-refractivity contribution in [2.75, 3.05) is 0 Å². The van der Waals surface area contributed by atoms with Gasteiger partial charge in [0, 0.05) is 6.07 Å². The number of carbonyl (C=O) groups is 1. The zero-order valence-corrected chi connectivity index (χ0v) is 11.7. The van der Waals surface area contributed by atoms with Crippen molar-refractivity contribution in [2.45, 2.75) is 4.90 Å². The number of carbonyl (C=O) groups excluding carboxylic acids is 1. The van der Waals surface area contributed by atoms with Crippen LogP contribution >= 0.6 is 11.6 Å². The van der Waals surface area contributed by atoms with Crippen molar-refractivity contribution in [3.05, 3.63) is 59.1 Å². The predicted molar refractivity (Wildman–Crippen MR) is 74.2 cm³/mol. The molecular formula is C13H10ClNO4S. The van der Waals surface area contributed by atoms with Gasteiger partial charge in [0.25, 0.3) is 0 Å². The maximum absolute atomic E-state index is 11.9. The highest BCUT2D eigenvalue weighted by Gasteiger charge is 2.15. The topological polar surface area (TPSA) is 86.5 Å². The van der Waals surface area contributed by atoms with E-state index >= 15 is 0 Å². The van der Waals surface area contributed by atoms with E-state index in [1.54, 1.807) is 30.3 Å². The maximum Gasteiger partial charge on any atom is 0.343 e. The van der Waals surface area contributed by atoms with Crippen LogP contribution < -0.4 is 9.88 Å². The van der Waals surface area contributed by atoms with E-state index in [-0.39, 0.29) is 15.7 Å². The number of esters is 1. The van der Waals surface area contributed by atoms with Crippen LogP contribution in [-0.2, 0) is 10.0 Å².